The number of rotatable bonds is 9. The molecule has 0 bridgehead atoms. The molecule has 1 aromatic carbocycles. The Morgan fingerprint density at radius 2 is 1.94 bits per heavy atom. The third kappa shape index (κ3) is 4.84. The van der Waals surface area contributed by atoms with E-state index in [0.717, 1.165) is 0 Å². The van der Waals surface area contributed by atoms with Gasteiger partial charge in [-0.1, -0.05) is 30.4 Å². The Balaban J connectivity index is 1.98. The van der Waals surface area contributed by atoms with Crippen molar-refractivity contribution >= 4 is 17.8 Å². The van der Waals surface area contributed by atoms with Crippen molar-refractivity contribution in [1.82, 2.24) is 19.7 Å². The van der Waals surface area contributed by atoms with Gasteiger partial charge < -0.3 is 14.4 Å². The largest absolute Gasteiger partial charge is 0.492 e. The molecule has 0 spiro atoms. The SMILES string of the molecule is C=CCCOc1ccccc1C(=O)N(C(=O)O)c1cccc(-c2nncn2CC=C)n1. The van der Waals surface area contributed by atoms with Crippen molar-refractivity contribution in [2.45, 2.75) is 13.0 Å². The standard InChI is InChI=1S/C22H21N5O4/c1-3-5-14-31-18-11-7-6-9-16(18)21(28)27(22(29)30)19-12-8-10-17(24-19)20-25-23-15-26(20)13-4-2/h3-4,6-12,15H,1-2,5,13-14H2,(H,29,30). The van der Waals surface area contributed by atoms with E-state index in [4.69, 9.17) is 4.74 Å². The molecule has 0 fully saturated rings. The highest BCUT2D eigenvalue weighted by Crippen LogP contribution is 2.25. The lowest BCUT2D eigenvalue weighted by Crippen LogP contribution is -2.36. The molecule has 0 unspecified atom stereocenters. The smallest absolute Gasteiger partial charge is 0.420 e. The zero-order valence-corrected chi connectivity index (χ0v) is 16.7. The first kappa shape index (κ1) is 21.4. The molecule has 2 heterocycles. The number of amides is 2. The number of pyridine rings is 1. The van der Waals surface area contributed by atoms with E-state index in [2.05, 4.69) is 28.3 Å². The number of imide groups is 1. The summed E-state index contributed by atoms with van der Waals surface area (Å²) in [7, 11) is 0. The zero-order chi connectivity index (χ0) is 22.2. The quantitative estimate of drug-likeness (QED) is 0.415. The summed E-state index contributed by atoms with van der Waals surface area (Å²) in [5, 5.41) is 17.7. The van der Waals surface area contributed by atoms with Gasteiger partial charge in [-0.25, -0.2) is 9.78 Å². The van der Waals surface area contributed by atoms with Gasteiger partial charge >= 0.3 is 6.09 Å². The van der Waals surface area contributed by atoms with Crippen LogP contribution in [-0.2, 0) is 6.54 Å². The van der Waals surface area contributed by atoms with E-state index in [1.54, 1.807) is 47.1 Å². The van der Waals surface area contributed by atoms with Gasteiger partial charge in [0.1, 0.15) is 23.6 Å². The Hall–Kier alpha value is -4.27. The summed E-state index contributed by atoms with van der Waals surface area (Å²) in [4.78, 5) is 30.1. The molecule has 9 nitrogen and oxygen atoms in total. The number of anilines is 1. The van der Waals surface area contributed by atoms with Crippen molar-refractivity contribution < 1.29 is 19.4 Å². The van der Waals surface area contributed by atoms with Gasteiger partial charge in [0.15, 0.2) is 5.82 Å². The molecule has 0 radical (unpaired) electrons. The molecule has 0 saturated heterocycles. The van der Waals surface area contributed by atoms with Gasteiger partial charge in [0.2, 0.25) is 0 Å². The first-order valence-electron chi connectivity index (χ1n) is 9.43. The minimum Gasteiger partial charge on any atom is -0.492 e. The predicted molar refractivity (Wildman–Crippen MR) is 115 cm³/mol. The van der Waals surface area contributed by atoms with Crippen molar-refractivity contribution in [2.75, 3.05) is 11.5 Å². The number of hydrogen-bond acceptors (Lipinski definition) is 6. The number of allylic oxidation sites excluding steroid dienone is 1. The lowest BCUT2D eigenvalue weighted by atomic mass is 10.1. The summed E-state index contributed by atoms with van der Waals surface area (Å²) in [6.45, 7) is 8.08. The van der Waals surface area contributed by atoms with E-state index < -0.39 is 12.0 Å². The van der Waals surface area contributed by atoms with Crippen LogP contribution in [0.3, 0.4) is 0 Å². The number of carbonyl (C=O) groups excluding carboxylic acids is 1. The number of hydrogen-bond donors (Lipinski definition) is 1. The molecular formula is C22H21N5O4. The van der Waals surface area contributed by atoms with Crippen LogP contribution in [0.15, 0.2) is 74.1 Å². The first-order valence-corrected chi connectivity index (χ1v) is 9.43. The number of carbonyl (C=O) groups is 2. The molecule has 0 aliphatic carbocycles. The molecule has 0 saturated carbocycles. The monoisotopic (exact) mass is 419 g/mol. The molecule has 31 heavy (non-hydrogen) atoms. The Morgan fingerprint density at radius 3 is 2.68 bits per heavy atom. The van der Waals surface area contributed by atoms with E-state index in [-0.39, 0.29) is 17.1 Å². The molecule has 9 heteroatoms. The number of aromatic nitrogens is 4. The van der Waals surface area contributed by atoms with Gasteiger partial charge in [-0.2, -0.15) is 4.90 Å². The van der Waals surface area contributed by atoms with Gasteiger partial charge in [-0.15, -0.1) is 23.4 Å². The molecule has 3 aromatic rings. The summed E-state index contributed by atoms with van der Waals surface area (Å²) >= 11 is 0. The maximum Gasteiger partial charge on any atom is 0.420 e. The second-order valence-corrected chi connectivity index (χ2v) is 6.32. The normalized spacial score (nSPS) is 10.3. The Morgan fingerprint density at radius 1 is 1.13 bits per heavy atom. The molecule has 3 rings (SSSR count). The van der Waals surface area contributed by atoms with Crippen LogP contribution in [0.1, 0.15) is 16.8 Å². The molecule has 0 aliphatic heterocycles. The van der Waals surface area contributed by atoms with E-state index >= 15 is 0 Å². The van der Waals surface area contributed by atoms with E-state index in [9.17, 15) is 14.7 Å². The van der Waals surface area contributed by atoms with Crippen molar-refractivity contribution in [2.24, 2.45) is 0 Å². The lowest BCUT2D eigenvalue weighted by molar-refractivity contribution is 0.0978. The number of para-hydroxylation sites is 1. The fourth-order valence-electron chi connectivity index (χ4n) is 2.83. The molecule has 0 aliphatic rings. The van der Waals surface area contributed by atoms with Gasteiger partial charge in [0.25, 0.3) is 5.91 Å². The maximum atomic E-state index is 13.2. The molecule has 158 valence electrons. The first-order chi connectivity index (χ1) is 15.1. The molecular weight excluding hydrogens is 398 g/mol. The zero-order valence-electron chi connectivity index (χ0n) is 16.7. The van der Waals surface area contributed by atoms with Gasteiger partial charge in [0, 0.05) is 6.54 Å². The predicted octanol–water partition coefficient (Wildman–Crippen LogP) is 3.81. The molecule has 1 N–H and O–H groups in total. The minimum absolute atomic E-state index is 0.0657. The second kappa shape index (κ2) is 9.97. The van der Waals surface area contributed by atoms with Crippen LogP contribution < -0.4 is 9.64 Å². The topological polar surface area (TPSA) is 110 Å². The third-order valence-electron chi connectivity index (χ3n) is 4.23. The number of ether oxygens (including phenoxy) is 1. The van der Waals surface area contributed by atoms with Crippen molar-refractivity contribution in [1.29, 1.82) is 0 Å². The third-order valence-corrected chi connectivity index (χ3v) is 4.23. The van der Waals surface area contributed by atoms with Crippen LogP contribution in [0.4, 0.5) is 10.6 Å². The van der Waals surface area contributed by atoms with E-state index in [0.29, 0.717) is 36.0 Å². The average Bonchev–Trinajstić information content (AvgIpc) is 3.23. The van der Waals surface area contributed by atoms with Crippen LogP contribution in [0.25, 0.3) is 11.5 Å². The summed E-state index contributed by atoms with van der Waals surface area (Å²) in [6.07, 6.45) is 3.99. The van der Waals surface area contributed by atoms with Crippen LogP contribution >= 0.6 is 0 Å². The Kier molecular flexibility index (Phi) is 6.89. The van der Waals surface area contributed by atoms with Crippen LogP contribution in [0, 0.1) is 0 Å². The summed E-state index contributed by atoms with van der Waals surface area (Å²) < 4.78 is 7.33. The summed E-state index contributed by atoms with van der Waals surface area (Å²) in [5.41, 5.74) is 0.474. The molecule has 2 amide bonds. The van der Waals surface area contributed by atoms with Crippen molar-refractivity contribution in [3.8, 4) is 17.3 Å². The fourth-order valence-corrected chi connectivity index (χ4v) is 2.83. The van der Waals surface area contributed by atoms with Crippen LogP contribution in [-0.4, -0.2) is 43.5 Å². The maximum absolute atomic E-state index is 13.2. The van der Waals surface area contributed by atoms with Crippen LogP contribution in [0.2, 0.25) is 0 Å². The lowest BCUT2D eigenvalue weighted by Gasteiger charge is -2.19. The molecule has 0 atom stereocenters. The van der Waals surface area contributed by atoms with E-state index in [1.165, 1.54) is 18.5 Å². The van der Waals surface area contributed by atoms with Gasteiger partial charge in [-0.05, 0) is 30.7 Å². The summed E-state index contributed by atoms with van der Waals surface area (Å²) in [6, 6.07) is 11.1. The average molecular weight is 419 g/mol. The Bertz CT molecular complexity index is 1110. The van der Waals surface area contributed by atoms with Crippen molar-refractivity contribution in [3.05, 3.63) is 79.7 Å². The highest BCUT2D eigenvalue weighted by atomic mass is 16.5. The van der Waals surface area contributed by atoms with Gasteiger partial charge in [-0.3, -0.25) is 4.79 Å². The van der Waals surface area contributed by atoms with Crippen molar-refractivity contribution in [3.63, 3.8) is 0 Å². The van der Waals surface area contributed by atoms with Crippen LogP contribution in [0.5, 0.6) is 5.75 Å². The highest BCUT2D eigenvalue weighted by Gasteiger charge is 2.28. The van der Waals surface area contributed by atoms with E-state index in [1.807, 2.05) is 0 Å². The number of benzene rings is 1. The number of carboxylic acid groups (broad SMARTS) is 1. The minimum atomic E-state index is -1.47. The second-order valence-electron chi connectivity index (χ2n) is 6.32. The molecule has 2 aromatic heterocycles. The highest BCUT2D eigenvalue weighted by molar-refractivity contribution is 6.19. The summed E-state index contributed by atoms with van der Waals surface area (Å²) in [5.74, 6) is -0.141. The number of nitrogens with zero attached hydrogens (tertiary/aromatic N) is 5. The van der Waals surface area contributed by atoms with Gasteiger partial charge in [0.05, 0.1) is 12.2 Å². The fraction of sp³-hybridized carbons (Fsp3) is 0.136. The Labute approximate surface area is 178 Å².